The molecule has 1 heterocycles. The van der Waals surface area contributed by atoms with Crippen LogP contribution in [0.2, 0.25) is 0 Å². The molecule has 0 amide bonds. The molecule has 3 heteroatoms. The molecule has 0 spiro atoms. The number of hydrogen-bond acceptors (Lipinski definition) is 2. The van der Waals surface area contributed by atoms with Crippen LogP contribution in [0.25, 0.3) is 0 Å². The Hall–Kier alpha value is -0.380. The van der Waals surface area contributed by atoms with Crippen LogP contribution in [0.1, 0.15) is 27.7 Å². The molecule has 1 rings (SSSR count). The van der Waals surface area contributed by atoms with Crippen molar-refractivity contribution in [2.45, 2.75) is 38.8 Å². The maximum absolute atomic E-state index is 12.1. The van der Waals surface area contributed by atoms with Crippen molar-refractivity contribution in [3.05, 3.63) is 18.0 Å². The van der Waals surface area contributed by atoms with Crippen molar-refractivity contribution < 1.29 is 4.65 Å². The minimum absolute atomic E-state index is 0.113. The Morgan fingerprint density at radius 2 is 1.62 bits per heavy atom. The van der Waals surface area contributed by atoms with Crippen LogP contribution < -0.4 is 5.32 Å². The molecule has 0 saturated carbocycles. The first-order valence-electron chi connectivity index (χ1n) is 4.69. The zero-order valence-corrected chi connectivity index (χ0v) is 9.05. The molecule has 3 nitrogen and oxygen atoms in total. The van der Waals surface area contributed by atoms with Gasteiger partial charge in [-0.05, 0) is 34.3 Å². The van der Waals surface area contributed by atoms with Gasteiger partial charge >= 0.3 is 0 Å². The van der Waals surface area contributed by atoms with E-state index in [0.717, 1.165) is 0 Å². The number of hydrogen-bond donors (Lipinski definition) is 1. The molecule has 0 radical (unpaired) electrons. The summed E-state index contributed by atoms with van der Waals surface area (Å²) >= 11 is 0. The standard InChI is InChI=1S/C10H20N2O/c1-6-12(13)7-9(2,3)11-10(4,5)8-12/h6,11H,1,7-8H2,2-5H3. The summed E-state index contributed by atoms with van der Waals surface area (Å²) in [4.78, 5) is 0. The minimum atomic E-state index is -0.299. The van der Waals surface area contributed by atoms with Gasteiger partial charge in [0.1, 0.15) is 13.1 Å². The second kappa shape index (κ2) is 2.80. The number of hydroxylamine groups is 3. The van der Waals surface area contributed by atoms with E-state index in [-0.39, 0.29) is 15.7 Å². The van der Waals surface area contributed by atoms with Gasteiger partial charge in [-0.25, -0.2) is 0 Å². The van der Waals surface area contributed by atoms with Crippen LogP contribution in [0, 0.1) is 5.21 Å². The molecule has 76 valence electrons. The molecule has 0 bridgehead atoms. The summed E-state index contributed by atoms with van der Waals surface area (Å²) in [6.07, 6.45) is 1.50. The van der Waals surface area contributed by atoms with E-state index in [1.54, 1.807) is 0 Å². The Morgan fingerprint density at radius 3 is 1.92 bits per heavy atom. The lowest BCUT2D eigenvalue weighted by Crippen LogP contribution is -2.70. The van der Waals surface area contributed by atoms with E-state index < -0.39 is 0 Å². The molecule has 1 aliphatic heterocycles. The molecule has 0 aromatic heterocycles. The summed E-state index contributed by atoms with van der Waals surface area (Å²) in [6.45, 7) is 13.0. The lowest BCUT2D eigenvalue weighted by molar-refractivity contribution is -0.844. The van der Waals surface area contributed by atoms with Gasteiger partial charge in [-0.15, -0.1) is 0 Å². The third-order valence-electron chi connectivity index (χ3n) is 2.34. The van der Waals surface area contributed by atoms with Gasteiger partial charge in [-0.2, -0.15) is 0 Å². The number of nitrogens with zero attached hydrogens (tertiary/aromatic N) is 1. The van der Waals surface area contributed by atoms with Crippen LogP contribution >= 0.6 is 0 Å². The fourth-order valence-corrected chi connectivity index (χ4v) is 2.52. The summed E-state index contributed by atoms with van der Waals surface area (Å²) in [6, 6.07) is 0. The second-order valence-corrected chi connectivity index (χ2v) is 5.34. The van der Waals surface area contributed by atoms with E-state index in [0.29, 0.717) is 13.1 Å². The molecule has 0 aromatic carbocycles. The highest BCUT2D eigenvalue weighted by Gasteiger charge is 2.41. The van der Waals surface area contributed by atoms with Crippen molar-refractivity contribution >= 4 is 0 Å². The molecule has 1 N–H and O–H groups in total. The van der Waals surface area contributed by atoms with Crippen LogP contribution in [0.5, 0.6) is 0 Å². The van der Waals surface area contributed by atoms with Crippen molar-refractivity contribution in [2.75, 3.05) is 13.1 Å². The van der Waals surface area contributed by atoms with Crippen molar-refractivity contribution in [3.8, 4) is 0 Å². The maximum atomic E-state index is 12.1. The Kier molecular flexibility index (Phi) is 2.31. The van der Waals surface area contributed by atoms with Crippen molar-refractivity contribution in [2.24, 2.45) is 0 Å². The Labute approximate surface area is 80.6 Å². The summed E-state index contributed by atoms with van der Waals surface area (Å²) in [7, 11) is 0. The number of nitrogens with one attached hydrogen (secondary N) is 1. The lowest BCUT2D eigenvalue weighted by atomic mass is 9.91. The van der Waals surface area contributed by atoms with Gasteiger partial charge in [0, 0.05) is 0 Å². The number of rotatable bonds is 1. The molecule has 0 aliphatic carbocycles. The normalized spacial score (nSPS) is 29.6. The van der Waals surface area contributed by atoms with Crippen LogP contribution in [0.3, 0.4) is 0 Å². The molecular formula is C10H20N2O. The van der Waals surface area contributed by atoms with E-state index in [1.165, 1.54) is 6.20 Å². The van der Waals surface area contributed by atoms with Crippen molar-refractivity contribution in [1.29, 1.82) is 0 Å². The summed E-state index contributed by atoms with van der Waals surface area (Å²) in [5.74, 6) is 0. The average Bonchev–Trinajstić information content (AvgIpc) is 1.79. The molecule has 1 saturated heterocycles. The van der Waals surface area contributed by atoms with Crippen LogP contribution in [0.15, 0.2) is 12.8 Å². The van der Waals surface area contributed by atoms with E-state index in [4.69, 9.17) is 0 Å². The van der Waals surface area contributed by atoms with Gasteiger partial charge in [-0.1, -0.05) is 0 Å². The van der Waals surface area contributed by atoms with E-state index in [9.17, 15) is 5.21 Å². The predicted octanol–water partition coefficient (Wildman–Crippen LogP) is 1.60. The third kappa shape index (κ3) is 2.53. The van der Waals surface area contributed by atoms with Crippen LogP contribution in [-0.4, -0.2) is 28.8 Å². The molecule has 0 atom stereocenters. The summed E-state index contributed by atoms with van der Waals surface area (Å²) in [5, 5.41) is 15.6. The maximum Gasteiger partial charge on any atom is 0.101 e. The van der Waals surface area contributed by atoms with Gasteiger partial charge in [0.15, 0.2) is 0 Å². The second-order valence-electron chi connectivity index (χ2n) is 5.34. The smallest absolute Gasteiger partial charge is 0.101 e. The molecule has 1 fully saturated rings. The Morgan fingerprint density at radius 1 is 1.23 bits per heavy atom. The SMILES string of the molecule is C=C[N+]1([O-])CC(C)(C)NC(C)(C)C1. The summed E-state index contributed by atoms with van der Waals surface area (Å²) in [5.41, 5.74) is -0.227. The van der Waals surface area contributed by atoms with Gasteiger partial charge in [0.2, 0.25) is 0 Å². The largest absolute Gasteiger partial charge is 0.628 e. The highest BCUT2D eigenvalue weighted by molar-refractivity contribution is 4.94. The Balaban J connectivity index is 2.90. The average molecular weight is 184 g/mol. The zero-order valence-electron chi connectivity index (χ0n) is 9.05. The minimum Gasteiger partial charge on any atom is -0.628 e. The highest BCUT2D eigenvalue weighted by Crippen LogP contribution is 2.26. The molecule has 0 unspecified atom stereocenters. The quantitative estimate of drug-likeness (QED) is 0.496. The van der Waals surface area contributed by atoms with Crippen LogP contribution in [-0.2, 0) is 0 Å². The van der Waals surface area contributed by atoms with Gasteiger partial charge < -0.3 is 9.85 Å². The summed E-state index contributed by atoms with van der Waals surface area (Å²) < 4.78 is -0.299. The molecule has 1 aliphatic rings. The first-order chi connectivity index (χ1) is 5.68. The first kappa shape index (κ1) is 10.7. The first-order valence-corrected chi connectivity index (χ1v) is 4.69. The molecular weight excluding hydrogens is 164 g/mol. The van der Waals surface area contributed by atoms with Crippen LogP contribution in [0.4, 0.5) is 0 Å². The van der Waals surface area contributed by atoms with E-state index in [1.807, 2.05) is 0 Å². The zero-order chi connectivity index (χ0) is 10.3. The predicted molar refractivity (Wildman–Crippen MR) is 54.9 cm³/mol. The monoisotopic (exact) mass is 184 g/mol. The van der Waals surface area contributed by atoms with Crippen molar-refractivity contribution in [1.82, 2.24) is 5.32 Å². The third-order valence-corrected chi connectivity index (χ3v) is 2.34. The topological polar surface area (TPSA) is 35.1 Å². The number of piperazine rings is 1. The molecule has 0 aromatic rings. The van der Waals surface area contributed by atoms with E-state index >= 15 is 0 Å². The molecule has 13 heavy (non-hydrogen) atoms. The lowest BCUT2D eigenvalue weighted by Gasteiger charge is -2.54. The van der Waals surface area contributed by atoms with E-state index in [2.05, 4.69) is 39.6 Å². The number of quaternary nitrogens is 1. The highest BCUT2D eigenvalue weighted by atomic mass is 16.5. The van der Waals surface area contributed by atoms with Gasteiger partial charge in [0.05, 0.1) is 17.3 Å². The fraction of sp³-hybridized carbons (Fsp3) is 0.800. The van der Waals surface area contributed by atoms with Gasteiger partial charge in [-0.3, -0.25) is 5.32 Å². The van der Waals surface area contributed by atoms with Gasteiger partial charge in [0.25, 0.3) is 0 Å². The Bertz CT molecular complexity index is 205. The van der Waals surface area contributed by atoms with Crippen molar-refractivity contribution in [3.63, 3.8) is 0 Å². The fourth-order valence-electron chi connectivity index (χ4n) is 2.52.